The molecule has 1 aromatic heterocycles. The van der Waals surface area contributed by atoms with Crippen LogP contribution in [0.25, 0.3) is 21.8 Å². The highest BCUT2D eigenvalue weighted by Gasteiger charge is 2.34. The number of rotatable bonds is 13. The Morgan fingerprint density at radius 3 is 1.70 bits per heavy atom. The van der Waals surface area contributed by atoms with Gasteiger partial charge in [-0.2, -0.15) is 0 Å². The third-order valence-corrected chi connectivity index (χ3v) is 11.8. The van der Waals surface area contributed by atoms with Crippen molar-refractivity contribution in [3.8, 4) is 0 Å². The molecular weight excluding hydrogens is 425 g/mol. The van der Waals surface area contributed by atoms with Crippen molar-refractivity contribution in [3.05, 3.63) is 48.0 Å². The molecule has 0 aliphatic rings. The molecule has 0 saturated heterocycles. The average molecular weight is 470 g/mol. The fraction of sp³-hybridized carbons (Fsp3) is 0.552. The van der Waals surface area contributed by atoms with Gasteiger partial charge in [0.05, 0.1) is 36.1 Å². The van der Waals surface area contributed by atoms with E-state index >= 15 is 0 Å². The summed E-state index contributed by atoms with van der Waals surface area (Å²) in [7, 11) is -0.562. The largest absolute Gasteiger partial charge is 0.545 e. The van der Waals surface area contributed by atoms with Crippen LogP contribution in [0.15, 0.2) is 42.5 Å². The molecule has 0 unspecified atom stereocenters. The molecule has 3 nitrogen and oxygen atoms in total. The summed E-state index contributed by atoms with van der Waals surface area (Å²) in [6.45, 7) is 9.42. The lowest BCUT2D eigenvalue weighted by Crippen LogP contribution is -2.22. The zero-order valence-corrected chi connectivity index (χ0v) is 22.2. The zero-order valence-electron chi connectivity index (χ0n) is 21.3. The van der Waals surface area contributed by atoms with Crippen LogP contribution in [0.4, 0.5) is 0 Å². The van der Waals surface area contributed by atoms with Gasteiger partial charge in [0.25, 0.3) is 0 Å². The molecule has 0 aliphatic heterocycles. The summed E-state index contributed by atoms with van der Waals surface area (Å²) >= 11 is 0. The van der Waals surface area contributed by atoms with E-state index in [0.717, 1.165) is 16.3 Å². The minimum Gasteiger partial charge on any atom is -0.545 e. The van der Waals surface area contributed by atoms with Gasteiger partial charge in [-0.05, 0) is 31.7 Å². The molecule has 4 heteroatoms. The van der Waals surface area contributed by atoms with Gasteiger partial charge in [-0.1, -0.05) is 89.8 Å². The Hall–Kier alpha value is -1.86. The summed E-state index contributed by atoms with van der Waals surface area (Å²) in [6, 6.07) is 12.9. The highest BCUT2D eigenvalue weighted by atomic mass is 31.2. The third-order valence-electron chi connectivity index (χ3n) is 6.71. The number of hydrogen-bond acceptors (Lipinski definition) is 2. The summed E-state index contributed by atoms with van der Waals surface area (Å²) in [5.74, 6) is -1.16. The van der Waals surface area contributed by atoms with Gasteiger partial charge in [-0.15, -0.1) is 0 Å². The van der Waals surface area contributed by atoms with Gasteiger partial charge in [0.15, 0.2) is 0 Å². The van der Waals surface area contributed by atoms with Gasteiger partial charge in [0.2, 0.25) is 0 Å². The maximum Gasteiger partial charge on any atom is 0.0736 e. The van der Waals surface area contributed by atoms with Gasteiger partial charge >= 0.3 is 0 Å². The number of benzene rings is 2. The summed E-state index contributed by atoms with van der Waals surface area (Å²) in [5, 5.41) is 12.9. The van der Waals surface area contributed by atoms with Crippen LogP contribution in [0.1, 0.15) is 89.4 Å². The summed E-state index contributed by atoms with van der Waals surface area (Å²) in [4.78, 5) is 14.1. The van der Waals surface area contributed by atoms with Crippen molar-refractivity contribution in [3.63, 3.8) is 0 Å². The van der Waals surface area contributed by atoms with Gasteiger partial charge in [-0.25, -0.2) is 0 Å². The number of H-pyrrole nitrogens is 1. The van der Waals surface area contributed by atoms with Crippen molar-refractivity contribution >= 4 is 35.0 Å². The predicted molar refractivity (Wildman–Crippen MR) is 146 cm³/mol. The molecule has 33 heavy (non-hydrogen) atoms. The van der Waals surface area contributed by atoms with E-state index in [-0.39, 0.29) is 5.56 Å². The topological polar surface area (TPSA) is 55.9 Å². The van der Waals surface area contributed by atoms with Gasteiger partial charge in [-0.3, -0.25) is 0 Å². The van der Waals surface area contributed by atoms with E-state index in [1.165, 1.54) is 51.4 Å². The van der Waals surface area contributed by atoms with E-state index in [0.29, 0.717) is 5.52 Å². The van der Waals surface area contributed by atoms with Crippen molar-refractivity contribution in [2.24, 2.45) is 0 Å². The Balaban J connectivity index is 0.000000233. The smallest absolute Gasteiger partial charge is 0.0736 e. The van der Waals surface area contributed by atoms with Gasteiger partial charge in [0.1, 0.15) is 0 Å². The maximum absolute atomic E-state index is 11.0. The molecule has 0 amide bonds. The quantitative estimate of drug-likeness (QED) is 0.259. The molecule has 3 rings (SSSR count). The number of hydrogen-bond donors (Lipinski definition) is 1. The van der Waals surface area contributed by atoms with E-state index in [1.807, 2.05) is 30.3 Å². The number of carbonyl (C=O) groups is 1. The molecular formula is C29H44NO2P. The van der Waals surface area contributed by atoms with Crippen LogP contribution in [0.5, 0.6) is 0 Å². The molecule has 0 atom stereocenters. The Bertz CT molecular complexity index is 941. The van der Waals surface area contributed by atoms with Crippen molar-refractivity contribution < 1.29 is 9.90 Å². The van der Waals surface area contributed by atoms with E-state index in [4.69, 9.17) is 0 Å². The first-order valence-corrected chi connectivity index (χ1v) is 15.6. The van der Waals surface area contributed by atoms with E-state index in [2.05, 4.69) is 32.7 Å². The second-order valence-electron chi connectivity index (χ2n) is 9.34. The summed E-state index contributed by atoms with van der Waals surface area (Å²) in [5.41, 5.74) is 1.77. The fourth-order valence-corrected chi connectivity index (χ4v) is 9.98. The SMILES string of the molecule is CCCC[P+](CCCC)(CCCC)CCCC.O=C([O-])c1cccc2c1[nH]c1ccccc12. The van der Waals surface area contributed by atoms with Crippen LogP contribution in [0.2, 0.25) is 0 Å². The number of fused-ring (bicyclic) bond motifs is 3. The monoisotopic (exact) mass is 469 g/mol. The highest BCUT2D eigenvalue weighted by Crippen LogP contribution is 2.61. The first-order chi connectivity index (χ1) is 16.0. The minimum absolute atomic E-state index is 0.203. The number of para-hydroxylation sites is 2. The van der Waals surface area contributed by atoms with Gasteiger partial charge in [0, 0.05) is 29.1 Å². The standard InChI is InChI=1S/C16H36P.C13H9NO2/c1-5-9-13-17(14-10-6-2,15-11-7-3)16-12-8-4;15-13(16)10-6-3-5-9-8-4-1-2-7-11(8)14-12(9)10/h5-16H2,1-4H3;1-7,14H,(H,15,16)/q+1;/p-1. The lowest BCUT2D eigenvalue weighted by Gasteiger charge is -2.28. The highest BCUT2D eigenvalue weighted by molar-refractivity contribution is 7.75. The molecule has 1 heterocycles. The predicted octanol–water partition coefficient (Wildman–Crippen LogP) is 7.89. The zero-order chi connectivity index (χ0) is 24.1. The summed E-state index contributed by atoms with van der Waals surface area (Å²) < 4.78 is 0. The second-order valence-corrected chi connectivity index (χ2v) is 13.8. The number of unbranched alkanes of at least 4 members (excludes halogenated alkanes) is 4. The minimum atomic E-state index is -1.16. The molecule has 0 aliphatic carbocycles. The van der Waals surface area contributed by atoms with Crippen molar-refractivity contribution in [1.82, 2.24) is 4.98 Å². The lowest BCUT2D eigenvalue weighted by molar-refractivity contribution is -0.254. The second kappa shape index (κ2) is 14.4. The number of nitrogens with one attached hydrogen (secondary N) is 1. The molecule has 1 N–H and O–H groups in total. The van der Waals surface area contributed by atoms with Crippen LogP contribution in [-0.4, -0.2) is 35.6 Å². The van der Waals surface area contributed by atoms with Crippen LogP contribution >= 0.6 is 7.26 Å². The molecule has 0 saturated carbocycles. The van der Waals surface area contributed by atoms with Crippen LogP contribution < -0.4 is 5.11 Å². The summed E-state index contributed by atoms with van der Waals surface area (Å²) in [6.07, 6.45) is 17.9. The van der Waals surface area contributed by atoms with Crippen molar-refractivity contribution in [2.75, 3.05) is 24.6 Å². The molecule has 0 fully saturated rings. The third kappa shape index (κ3) is 7.85. The molecule has 0 radical (unpaired) electrons. The molecule has 0 bridgehead atoms. The van der Waals surface area contributed by atoms with Crippen LogP contribution in [0.3, 0.4) is 0 Å². The molecule has 2 aromatic carbocycles. The van der Waals surface area contributed by atoms with Gasteiger partial charge < -0.3 is 14.9 Å². The lowest BCUT2D eigenvalue weighted by atomic mass is 10.1. The average Bonchev–Trinajstić information content (AvgIpc) is 3.22. The first kappa shape index (κ1) is 27.4. The molecule has 0 spiro atoms. The number of aromatic amines is 1. The maximum atomic E-state index is 11.0. The molecule has 3 aromatic rings. The number of aromatic nitrogens is 1. The first-order valence-electron chi connectivity index (χ1n) is 13.1. The number of aromatic carboxylic acids is 1. The van der Waals surface area contributed by atoms with Crippen LogP contribution in [-0.2, 0) is 0 Å². The fourth-order valence-electron chi connectivity index (χ4n) is 4.69. The Kier molecular flexibility index (Phi) is 12.0. The Labute approximate surface area is 201 Å². The number of carboxylic acid groups (broad SMARTS) is 1. The van der Waals surface area contributed by atoms with E-state index in [1.54, 1.807) is 36.8 Å². The van der Waals surface area contributed by atoms with Crippen molar-refractivity contribution in [1.29, 1.82) is 0 Å². The Morgan fingerprint density at radius 1 is 0.727 bits per heavy atom. The molecule has 182 valence electrons. The Morgan fingerprint density at radius 2 is 1.21 bits per heavy atom. The number of carboxylic acids is 1. The van der Waals surface area contributed by atoms with E-state index in [9.17, 15) is 9.90 Å². The van der Waals surface area contributed by atoms with E-state index < -0.39 is 13.2 Å². The normalized spacial score (nSPS) is 11.5. The van der Waals surface area contributed by atoms with Crippen LogP contribution in [0, 0.1) is 0 Å². The number of carbonyl (C=O) groups excluding carboxylic acids is 1. The van der Waals surface area contributed by atoms with Crippen molar-refractivity contribution in [2.45, 2.75) is 79.1 Å².